The molecule has 1 aromatic carbocycles. The van der Waals surface area contributed by atoms with Crippen molar-refractivity contribution in [1.82, 2.24) is 5.32 Å². The Morgan fingerprint density at radius 1 is 1.47 bits per heavy atom. The van der Waals surface area contributed by atoms with Gasteiger partial charge in [0.2, 0.25) is 0 Å². The van der Waals surface area contributed by atoms with Crippen molar-refractivity contribution in [2.75, 3.05) is 0 Å². The first kappa shape index (κ1) is 12.0. The van der Waals surface area contributed by atoms with Crippen LogP contribution in [-0.4, -0.2) is 23.2 Å². The third-order valence-corrected chi connectivity index (χ3v) is 3.64. The van der Waals surface area contributed by atoms with Crippen LogP contribution in [0.2, 0.25) is 0 Å². The van der Waals surface area contributed by atoms with Gasteiger partial charge >= 0.3 is 0 Å². The lowest BCUT2D eigenvalue weighted by Gasteiger charge is -2.49. The number of hydrogen-bond acceptors (Lipinski definition) is 2. The number of hydrogen-bond donors (Lipinski definition) is 2. The summed E-state index contributed by atoms with van der Waals surface area (Å²) in [5, 5.41) is 12.3. The van der Waals surface area contributed by atoms with Crippen LogP contribution in [0.25, 0.3) is 0 Å². The first-order chi connectivity index (χ1) is 7.93. The van der Waals surface area contributed by atoms with Crippen molar-refractivity contribution < 1.29 is 14.3 Å². The summed E-state index contributed by atoms with van der Waals surface area (Å²) in [4.78, 5) is 11.8. The molecule has 2 unspecified atom stereocenters. The van der Waals surface area contributed by atoms with E-state index in [1.54, 1.807) is 12.1 Å². The predicted octanol–water partition coefficient (Wildman–Crippen LogP) is 1.71. The van der Waals surface area contributed by atoms with Crippen molar-refractivity contribution in [2.45, 2.75) is 32.4 Å². The van der Waals surface area contributed by atoms with Gasteiger partial charge in [0, 0.05) is 11.5 Å². The van der Waals surface area contributed by atoms with Crippen LogP contribution in [0.1, 0.15) is 30.6 Å². The van der Waals surface area contributed by atoms with E-state index >= 15 is 0 Å². The van der Waals surface area contributed by atoms with Crippen molar-refractivity contribution >= 4 is 5.91 Å². The molecular formula is C13H16FNO2. The van der Waals surface area contributed by atoms with Gasteiger partial charge in [0.05, 0.1) is 11.7 Å². The largest absolute Gasteiger partial charge is 0.392 e. The smallest absolute Gasteiger partial charge is 0.254 e. The van der Waals surface area contributed by atoms with E-state index in [0.29, 0.717) is 6.42 Å². The van der Waals surface area contributed by atoms with Crippen molar-refractivity contribution in [3.05, 3.63) is 35.6 Å². The molecule has 0 spiro atoms. The highest BCUT2D eigenvalue weighted by molar-refractivity contribution is 5.94. The van der Waals surface area contributed by atoms with Crippen molar-refractivity contribution in [3.8, 4) is 0 Å². The zero-order chi connectivity index (χ0) is 12.6. The first-order valence-corrected chi connectivity index (χ1v) is 5.66. The number of rotatable bonds is 2. The van der Waals surface area contributed by atoms with Crippen LogP contribution in [0.4, 0.5) is 4.39 Å². The summed E-state index contributed by atoms with van der Waals surface area (Å²) >= 11 is 0. The van der Waals surface area contributed by atoms with Crippen LogP contribution in [0.3, 0.4) is 0 Å². The average molecular weight is 237 g/mol. The van der Waals surface area contributed by atoms with Crippen molar-refractivity contribution in [2.24, 2.45) is 5.41 Å². The van der Waals surface area contributed by atoms with E-state index in [1.165, 1.54) is 12.1 Å². The zero-order valence-corrected chi connectivity index (χ0v) is 9.90. The maximum Gasteiger partial charge on any atom is 0.254 e. The summed E-state index contributed by atoms with van der Waals surface area (Å²) in [7, 11) is 0. The Hall–Kier alpha value is -1.42. The predicted molar refractivity (Wildman–Crippen MR) is 62.1 cm³/mol. The van der Waals surface area contributed by atoms with Crippen LogP contribution in [-0.2, 0) is 0 Å². The van der Waals surface area contributed by atoms with E-state index in [1.807, 2.05) is 13.8 Å². The Morgan fingerprint density at radius 3 is 2.65 bits per heavy atom. The second kappa shape index (κ2) is 4.11. The Bertz CT molecular complexity index is 445. The molecule has 92 valence electrons. The third-order valence-electron chi connectivity index (χ3n) is 3.64. The molecule has 0 saturated heterocycles. The number of aliphatic hydroxyl groups excluding tert-OH is 1. The van der Waals surface area contributed by atoms with Crippen LogP contribution in [0.15, 0.2) is 24.3 Å². The minimum Gasteiger partial charge on any atom is -0.392 e. The molecule has 1 aliphatic carbocycles. The van der Waals surface area contributed by atoms with E-state index < -0.39 is 17.8 Å². The topological polar surface area (TPSA) is 49.3 Å². The molecule has 0 radical (unpaired) electrons. The van der Waals surface area contributed by atoms with Crippen molar-refractivity contribution in [1.29, 1.82) is 0 Å². The molecule has 4 heteroatoms. The van der Waals surface area contributed by atoms with Crippen LogP contribution in [0, 0.1) is 11.2 Å². The Kier molecular flexibility index (Phi) is 2.91. The van der Waals surface area contributed by atoms with Crippen LogP contribution in [0.5, 0.6) is 0 Å². The summed E-state index contributed by atoms with van der Waals surface area (Å²) < 4.78 is 13.4. The maximum atomic E-state index is 13.4. The molecule has 17 heavy (non-hydrogen) atoms. The van der Waals surface area contributed by atoms with E-state index in [4.69, 9.17) is 0 Å². The monoisotopic (exact) mass is 237 g/mol. The van der Waals surface area contributed by atoms with E-state index in [-0.39, 0.29) is 17.0 Å². The fourth-order valence-electron chi connectivity index (χ4n) is 2.03. The SMILES string of the molecule is CC1(C)C(O)CC1NC(=O)c1ccccc1F. The number of aliphatic hydroxyl groups is 1. The number of benzene rings is 1. The van der Waals surface area contributed by atoms with Gasteiger partial charge in [0.25, 0.3) is 5.91 Å². The molecule has 2 N–H and O–H groups in total. The molecule has 1 saturated carbocycles. The van der Waals surface area contributed by atoms with E-state index in [2.05, 4.69) is 5.32 Å². The first-order valence-electron chi connectivity index (χ1n) is 5.66. The minimum atomic E-state index is -0.525. The molecule has 1 aliphatic rings. The standard InChI is InChI=1S/C13H16FNO2/c1-13(2)10(7-11(13)16)15-12(17)8-5-3-4-6-9(8)14/h3-6,10-11,16H,7H2,1-2H3,(H,15,17). The molecule has 2 atom stereocenters. The average Bonchev–Trinajstić information content (AvgIpc) is 2.29. The zero-order valence-electron chi connectivity index (χ0n) is 9.90. The van der Waals surface area contributed by atoms with E-state index in [0.717, 1.165) is 0 Å². The molecule has 1 aromatic rings. The van der Waals surface area contributed by atoms with Gasteiger partial charge in [-0.05, 0) is 18.6 Å². The van der Waals surface area contributed by atoms with Crippen molar-refractivity contribution in [3.63, 3.8) is 0 Å². The molecule has 1 fully saturated rings. The van der Waals surface area contributed by atoms with Crippen LogP contribution < -0.4 is 5.32 Å². The highest BCUT2D eigenvalue weighted by atomic mass is 19.1. The lowest BCUT2D eigenvalue weighted by Crippen LogP contribution is -2.61. The maximum absolute atomic E-state index is 13.4. The van der Waals surface area contributed by atoms with Gasteiger partial charge in [0.1, 0.15) is 5.82 Å². The van der Waals surface area contributed by atoms with Gasteiger partial charge in [-0.2, -0.15) is 0 Å². The number of halogens is 1. The minimum absolute atomic E-state index is 0.0460. The molecule has 0 bridgehead atoms. The molecular weight excluding hydrogens is 221 g/mol. The van der Waals surface area contributed by atoms with Gasteiger partial charge in [-0.25, -0.2) is 4.39 Å². The molecule has 0 aromatic heterocycles. The fourth-order valence-corrected chi connectivity index (χ4v) is 2.03. The van der Waals surface area contributed by atoms with Gasteiger partial charge in [-0.15, -0.1) is 0 Å². The molecule has 0 aliphatic heterocycles. The number of amides is 1. The molecule has 2 rings (SSSR count). The summed E-state index contributed by atoms with van der Waals surface area (Å²) in [5.74, 6) is -0.948. The third kappa shape index (κ3) is 2.05. The Labute approximate surface area is 99.7 Å². The lowest BCUT2D eigenvalue weighted by molar-refractivity contribution is -0.0689. The summed E-state index contributed by atoms with van der Waals surface area (Å²) in [6, 6.07) is 5.77. The Morgan fingerprint density at radius 2 is 2.12 bits per heavy atom. The Balaban J connectivity index is 2.07. The molecule has 1 amide bonds. The van der Waals surface area contributed by atoms with Crippen LogP contribution >= 0.6 is 0 Å². The lowest BCUT2D eigenvalue weighted by atomic mass is 9.64. The quantitative estimate of drug-likeness (QED) is 0.822. The number of carbonyl (C=O) groups is 1. The second-order valence-corrected chi connectivity index (χ2v) is 5.08. The van der Waals surface area contributed by atoms with Gasteiger partial charge in [0.15, 0.2) is 0 Å². The van der Waals surface area contributed by atoms with Gasteiger partial charge < -0.3 is 10.4 Å². The normalized spacial score (nSPS) is 26.1. The summed E-state index contributed by atoms with van der Waals surface area (Å²) in [6.07, 6.45) is 0.112. The summed E-state index contributed by atoms with van der Waals surface area (Å²) in [5.41, 5.74) is -0.300. The molecule has 0 heterocycles. The summed E-state index contributed by atoms with van der Waals surface area (Å²) in [6.45, 7) is 3.76. The second-order valence-electron chi connectivity index (χ2n) is 5.08. The van der Waals surface area contributed by atoms with E-state index in [9.17, 15) is 14.3 Å². The highest BCUT2D eigenvalue weighted by Crippen LogP contribution is 2.40. The number of carbonyl (C=O) groups excluding carboxylic acids is 1. The highest BCUT2D eigenvalue weighted by Gasteiger charge is 2.48. The van der Waals surface area contributed by atoms with Gasteiger partial charge in [-0.1, -0.05) is 26.0 Å². The van der Waals surface area contributed by atoms with Gasteiger partial charge in [-0.3, -0.25) is 4.79 Å². The number of nitrogens with one attached hydrogen (secondary N) is 1. The molecule has 3 nitrogen and oxygen atoms in total. The fraction of sp³-hybridized carbons (Fsp3) is 0.462.